The zero-order chi connectivity index (χ0) is 19.5. The number of halogens is 3. The molecule has 162 valence electrons. The predicted molar refractivity (Wildman–Crippen MR) is 123 cm³/mol. The third-order valence-corrected chi connectivity index (χ3v) is 7.86. The van der Waals surface area contributed by atoms with Crippen LogP contribution in [0.4, 0.5) is 0 Å². The molecule has 3 nitrogen and oxygen atoms in total. The molecule has 0 bridgehead atoms. The highest BCUT2D eigenvalue weighted by atomic mass is 35.5. The van der Waals surface area contributed by atoms with E-state index in [1.54, 1.807) is 0 Å². The van der Waals surface area contributed by atoms with E-state index in [2.05, 4.69) is 9.80 Å². The first-order valence-electron chi connectivity index (χ1n) is 11.1. The molecule has 3 fully saturated rings. The van der Waals surface area contributed by atoms with Crippen LogP contribution in [-0.2, 0) is 4.79 Å². The van der Waals surface area contributed by atoms with Crippen molar-refractivity contribution in [2.45, 2.75) is 69.7 Å². The number of hydrogen-bond acceptors (Lipinski definition) is 2. The molecule has 4 rings (SSSR count). The van der Waals surface area contributed by atoms with E-state index in [1.807, 2.05) is 18.2 Å². The van der Waals surface area contributed by atoms with Crippen LogP contribution in [0.15, 0.2) is 18.2 Å². The Balaban J connectivity index is 0.00000240. The second kappa shape index (κ2) is 10.7. The lowest BCUT2D eigenvalue weighted by atomic mass is 9.83. The van der Waals surface area contributed by atoms with Crippen molar-refractivity contribution in [2.24, 2.45) is 5.92 Å². The van der Waals surface area contributed by atoms with Gasteiger partial charge in [0.25, 0.3) is 0 Å². The number of amides is 1. The van der Waals surface area contributed by atoms with Gasteiger partial charge in [-0.3, -0.25) is 4.79 Å². The third kappa shape index (κ3) is 5.42. The molecule has 0 N–H and O–H groups in total. The summed E-state index contributed by atoms with van der Waals surface area (Å²) >= 11 is 12.4. The molecule has 29 heavy (non-hydrogen) atoms. The summed E-state index contributed by atoms with van der Waals surface area (Å²) in [5.74, 6) is 0.677. The lowest BCUT2D eigenvalue weighted by Crippen LogP contribution is -2.49. The molecule has 1 atom stereocenters. The van der Waals surface area contributed by atoms with Gasteiger partial charge in [0, 0.05) is 19.1 Å². The first-order chi connectivity index (χ1) is 13.6. The van der Waals surface area contributed by atoms with Gasteiger partial charge in [0.15, 0.2) is 0 Å². The summed E-state index contributed by atoms with van der Waals surface area (Å²) in [7, 11) is 0. The van der Waals surface area contributed by atoms with Crippen molar-refractivity contribution >= 4 is 41.5 Å². The number of piperidine rings is 2. The van der Waals surface area contributed by atoms with Crippen LogP contribution >= 0.6 is 35.6 Å². The van der Waals surface area contributed by atoms with Crippen molar-refractivity contribution < 1.29 is 4.79 Å². The SMILES string of the molecule is Cl.O=C(C(c1ccc(Cl)c(Cl)c1)C1CCCC1)N1CCC(N2CCCCC2)CC1. The van der Waals surface area contributed by atoms with E-state index in [0.29, 0.717) is 27.9 Å². The summed E-state index contributed by atoms with van der Waals surface area (Å²) in [6.07, 6.45) is 11.0. The number of nitrogens with zero attached hydrogens (tertiary/aromatic N) is 2. The Bertz CT molecular complexity index is 679. The smallest absolute Gasteiger partial charge is 0.230 e. The molecule has 1 saturated carbocycles. The Labute approximate surface area is 191 Å². The van der Waals surface area contributed by atoms with Gasteiger partial charge in [0.1, 0.15) is 0 Å². The molecule has 2 aliphatic heterocycles. The van der Waals surface area contributed by atoms with E-state index < -0.39 is 0 Å². The summed E-state index contributed by atoms with van der Waals surface area (Å²) in [5, 5.41) is 1.11. The Hall–Kier alpha value is -0.480. The average molecular weight is 460 g/mol. The van der Waals surface area contributed by atoms with E-state index >= 15 is 0 Å². The van der Waals surface area contributed by atoms with Gasteiger partial charge in [-0.15, -0.1) is 12.4 Å². The number of carbonyl (C=O) groups is 1. The maximum atomic E-state index is 13.6. The number of hydrogen-bond donors (Lipinski definition) is 0. The number of rotatable bonds is 4. The van der Waals surface area contributed by atoms with Crippen molar-refractivity contribution in [3.05, 3.63) is 33.8 Å². The van der Waals surface area contributed by atoms with E-state index in [9.17, 15) is 4.79 Å². The molecule has 1 amide bonds. The van der Waals surface area contributed by atoms with Crippen LogP contribution in [0.3, 0.4) is 0 Å². The van der Waals surface area contributed by atoms with Crippen LogP contribution in [-0.4, -0.2) is 47.9 Å². The maximum Gasteiger partial charge on any atom is 0.230 e. The Morgan fingerprint density at radius 3 is 2.14 bits per heavy atom. The Morgan fingerprint density at radius 1 is 0.862 bits per heavy atom. The molecule has 0 spiro atoms. The van der Waals surface area contributed by atoms with Crippen molar-refractivity contribution in [1.29, 1.82) is 0 Å². The molecule has 3 aliphatic rings. The zero-order valence-corrected chi connectivity index (χ0v) is 19.5. The lowest BCUT2D eigenvalue weighted by Gasteiger charge is -2.41. The van der Waals surface area contributed by atoms with Crippen LogP contribution in [0.2, 0.25) is 10.0 Å². The number of benzene rings is 1. The van der Waals surface area contributed by atoms with Crippen molar-refractivity contribution in [3.63, 3.8) is 0 Å². The Kier molecular flexibility index (Phi) is 8.56. The van der Waals surface area contributed by atoms with Gasteiger partial charge in [-0.2, -0.15) is 0 Å². The molecular formula is C23H33Cl3N2O. The minimum absolute atomic E-state index is 0. The van der Waals surface area contributed by atoms with E-state index in [1.165, 1.54) is 45.2 Å². The zero-order valence-electron chi connectivity index (χ0n) is 17.1. The fourth-order valence-corrected chi connectivity index (χ4v) is 5.85. The molecular weight excluding hydrogens is 427 g/mol. The molecule has 2 heterocycles. The van der Waals surface area contributed by atoms with Crippen LogP contribution in [0, 0.1) is 5.92 Å². The van der Waals surface area contributed by atoms with Gasteiger partial charge in [-0.25, -0.2) is 0 Å². The summed E-state index contributed by atoms with van der Waals surface area (Å²) in [4.78, 5) is 18.4. The van der Waals surface area contributed by atoms with Gasteiger partial charge in [0.05, 0.1) is 16.0 Å². The predicted octanol–water partition coefficient (Wildman–Crippen LogP) is 6.17. The Morgan fingerprint density at radius 2 is 1.52 bits per heavy atom. The summed E-state index contributed by atoms with van der Waals surface area (Å²) in [6.45, 7) is 4.27. The van der Waals surface area contributed by atoms with Gasteiger partial charge < -0.3 is 9.80 Å². The fourth-order valence-electron chi connectivity index (χ4n) is 5.54. The molecule has 0 aromatic heterocycles. The van der Waals surface area contributed by atoms with Gasteiger partial charge in [-0.1, -0.05) is 48.5 Å². The summed E-state index contributed by atoms with van der Waals surface area (Å²) in [6, 6.07) is 6.44. The molecule has 1 aliphatic carbocycles. The quantitative estimate of drug-likeness (QED) is 0.538. The molecule has 1 aromatic rings. The number of likely N-dealkylation sites (tertiary alicyclic amines) is 2. The molecule has 2 saturated heterocycles. The van der Waals surface area contributed by atoms with E-state index in [4.69, 9.17) is 23.2 Å². The van der Waals surface area contributed by atoms with Crippen LogP contribution in [0.5, 0.6) is 0 Å². The van der Waals surface area contributed by atoms with Gasteiger partial charge in [0.2, 0.25) is 5.91 Å². The molecule has 1 aromatic carbocycles. The second-order valence-electron chi connectivity index (χ2n) is 8.85. The minimum Gasteiger partial charge on any atom is -0.342 e. The van der Waals surface area contributed by atoms with Crippen molar-refractivity contribution in [3.8, 4) is 0 Å². The lowest BCUT2D eigenvalue weighted by molar-refractivity contribution is -0.135. The summed E-state index contributed by atoms with van der Waals surface area (Å²) in [5.41, 5.74) is 1.05. The highest BCUT2D eigenvalue weighted by Gasteiger charge is 2.37. The normalized spacial score (nSPS) is 23.0. The first-order valence-corrected chi connectivity index (χ1v) is 11.9. The third-order valence-electron chi connectivity index (χ3n) is 7.12. The van der Waals surface area contributed by atoms with Crippen molar-refractivity contribution in [1.82, 2.24) is 9.80 Å². The van der Waals surface area contributed by atoms with E-state index in [0.717, 1.165) is 44.3 Å². The largest absolute Gasteiger partial charge is 0.342 e. The molecule has 0 radical (unpaired) electrons. The molecule has 1 unspecified atom stereocenters. The van der Waals surface area contributed by atoms with E-state index in [-0.39, 0.29) is 18.3 Å². The highest BCUT2D eigenvalue weighted by molar-refractivity contribution is 6.42. The maximum absolute atomic E-state index is 13.6. The highest BCUT2D eigenvalue weighted by Crippen LogP contribution is 2.40. The van der Waals surface area contributed by atoms with Crippen LogP contribution in [0.1, 0.15) is 69.3 Å². The van der Waals surface area contributed by atoms with Gasteiger partial charge >= 0.3 is 0 Å². The average Bonchev–Trinajstić information content (AvgIpc) is 3.26. The monoisotopic (exact) mass is 458 g/mol. The first kappa shape index (κ1) is 23.2. The number of carbonyl (C=O) groups excluding carboxylic acids is 1. The summed E-state index contributed by atoms with van der Waals surface area (Å²) < 4.78 is 0. The molecule has 6 heteroatoms. The standard InChI is InChI=1S/C23H32Cl2N2O.ClH/c24-20-9-8-18(16-21(20)25)22(17-6-2-3-7-17)23(28)27-14-10-19(11-15-27)26-12-4-1-5-13-26;/h8-9,16-17,19,22H,1-7,10-15H2;1H. The fraction of sp³-hybridized carbons (Fsp3) is 0.696. The van der Waals surface area contributed by atoms with Gasteiger partial charge in [-0.05, 0) is 75.2 Å². The minimum atomic E-state index is -0.0659. The topological polar surface area (TPSA) is 23.6 Å². The van der Waals surface area contributed by atoms with Crippen LogP contribution in [0.25, 0.3) is 0 Å². The van der Waals surface area contributed by atoms with Crippen LogP contribution < -0.4 is 0 Å². The van der Waals surface area contributed by atoms with Crippen molar-refractivity contribution in [2.75, 3.05) is 26.2 Å². The second-order valence-corrected chi connectivity index (χ2v) is 9.66.